The maximum Gasteiger partial charge on any atom is 0.119 e. The van der Waals surface area contributed by atoms with Crippen molar-refractivity contribution in [2.24, 2.45) is 0 Å². The molecule has 0 bridgehead atoms. The molecular formula is C13H16O2. The summed E-state index contributed by atoms with van der Waals surface area (Å²) in [5, 5.41) is 9.67. The third kappa shape index (κ3) is 1.90. The Morgan fingerprint density at radius 3 is 2.80 bits per heavy atom. The maximum atomic E-state index is 9.67. The first-order chi connectivity index (χ1) is 7.22. The molecule has 0 saturated heterocycles. The van der Waals surface area contributed by atoms with Gasteiger partial charge in [0.1, 0.15) is 5.75 Å². The summed E-state index contributed by atoms with van der Waals surface area (Å²) in [4.78, 5) is 0. The van der Waals surface area contributed by atoms with E-state index in [2.05, 4.69) is 6.07 Å². The molecule has 1 aromatic carbocycles. The van der Waals surface area contributed by atoms with Crippen molar-refractivity contribution < 1.29 is 9.84 Å². The fourth-order valence-corrected chi connectivity index (χ4v) is 2.08. The van der Waals surface area contributed by atoms with Crippen molar-refractivity contribution in [1.29, 1.82) is 0 Å². The summed E-state index contributed by atoms with van der Waals surface area (Å²) in [6, 6.07) is 8.01. The van der Waals surface area contributed by atoms with Gasteiger partial charge in [-0.2, -0.15) is 0 Å². The van der Waals surface area contributed by atoms with Crippen LogP contribution >= 0.6 is 0 Å². The Hall–Kier alpha value is -1.28. The van der Waals surface area contributed by atoms with E-state index in [1.54, 1.807) is 7.11 Å². The van der Waals surface area contributed by atoms with Gasteiger partial charge in [0, 0.05) is 0 Å². The van der Waals surface area contributed by atoms with Crippen LogP contribution in [0.3, 0.4) is 0 Å². The van der Waals surface area contributed by atoms with E-state index in [0.29, 0.717) is 0 Å². The molecule has 0 spiro atoms. The van der Waals surface area contributed by atoms with Gasteiger partial charge in [-0.05, 0) is 48.6 Å². The SMILES string of the molecule is COc1cccc(C2=C(C)[C@H](O)CC2)c1. The van der Waals surface area contributed by atoms with Crippen LogP contribution in [0.1, 0.15) is 25.3 Å². The lowest BCUT2D eigenvalue weighted by Gasteiger charge is -2.07. The van der Waals surface area contributed by atoms with Gasteiger partial charge in [0.15, 0.2) is 0 Å². The van der Waals surface area contributed by atoms with Crippen LogP contribution in [-0.2, 0) is 0 Å². The number of allylic oxidation sites excluding steroid dienone is 1. The van der Waals surface area contributed by atoms with Crippen LogP contribution in [0.15, 0.2) is 29.8 Å². The van der Waals surface area contributed by atoms with Crippen molar-refractivity contribution in [3.63, 3.8) is 0 Å². The molecule has 0 radical (unpaired) electrons. The molecule has 2 rings (SSSR count). The van der Waals surface area contributed by atoms with E-state index in [0.717, 1.165) is 24.2 Å². The van der Waals surface area contributed by atoms with E-state index in [4.69, 9.17) is 4.74 Å². The van der Waals surface area contributed by atoms with Crippen LogP contribution in [0, 0.1) is 0 Å². The van der Waals surface area contributed by atoms with Gasteiger partial charge in [-0.3, -0.25) is 0 Å². The number of aliphatic hydroxyl groups excluding tert-OH is 1. The van der Waals surface area contributed by atoms with Crippen molar-refractivity contribution >= 4 is 5.57 Å². The van der Waals surface area contributed by atoms with Crippen LogP contribution in [0.4, 0.5) is 0 Å². The molecule has 1 aliphatic rings. The highest BCUT2D eigenvalue weighted by atomic mass is 16.5. The number of aliphatic hydroxyl groups is 1. The molecule has 0 aromatic heterocycles. The monoisotopic (exact) mass is 204 g/mol. The first-order valence-corrected chi connectivity index (χ1v) is 5.24. The number of hydrogen-bond donors (Lipinski definition) is 1. The van der Waals surface area contributed by atoms with Crippen molar-refractivity contribution in [3.8, 4) is 5.75 Å². The van der Waals surface area contributed by atoms with Crippen molar-refractivity contribution in [3.05, 3.63) is 35.4 Å². The quantitative estimate of drug-likeness (QED) is 0.802. The Kier molecular flexibility index (Phi) is 2.78. The number of ether oxygens (including phenoxy) is 1. The molecule has 80 valence electrons. The summed E-state index contributed by atoms with van der Waals surface area (Å²) in [7, 11) is 1.67. The van der Waals surface area contributed by atoms with E-state index in [1.165, 1.54) is 11.1 Å². The predicted molar refractivity (Wildman–Crippen MR) is 60.8 cm³/mol. The summed E-state index contributed by atoms with van der Waals surface area (Å²) in [6.45, 7) is 2.01. The van der Waals surface area contributed by atoms with E-state index in [9.17, 15) is 5.11 Å². The Labute approximate surface area is 90.2 Å². The number of methoxy groups -OCH3 is 1. The molecule has 15 heavy (non-hydrogen) atoms. The summed E-state index contributed by atoms with van der Waals surface area (Å²) >= 11 is 0. The zero-order valence-electron chi connectivity index (χ0n) is 9.16. The molecule has 1 N–H and O–H groups in total. The highest BCUT2D eigenvalue weighted by Gasteiger charge is 2.20. The Morgan fingerprint density at radius 1 is 1.40 bits per heavy atom. The standard InChI is InChI=1S/C13H16O2/c1-9-12(6-7-13(9)14)10-4-3-5-11(8-10)15-2/h3-5,8,13-14H,6-7H2,1-2H3/t13-/m1/s1. The largest absolute Gasteiger partial charge is 0.497 e. The smallest absolute Gasteiger partial charge is 0.119 e. The average molecular weight is 204 g/mol. The van der Waals surface area contributed by atoms with E-state index >= 15 is 0 Å². The minimum atomic E-state index is -0.258. The van der Waals surface area contributed by atoms with Crippen molar-refractivity contribution in [2.75, 3.05) is 7.11 Å². The zero-order chi connectivity index (χ0) is 10.8. The third-order valence-electron chi connectivity index (χ3n) is 3.06. The molecule has 1 aliphatic carbocycles. The van der Waals surface area contributed by atoms with Gasteiger partial charge in [-0.25, -0.2) is 0 Å². The normalized spacial score (nSPS) is 20.9. The van der Waals surface area contributed by atoms with Crippen LogP contribution in [-0.4, -0.2) is 18.3 Å². The molecule has 0 amide bonds. The molecular weight excluding hydrogens is 188 g/mol. The van der Waals surface area contributed by atoms with Gasteiger partial charge < -0.3 is 9.84 Å². The topological polar surface area (TPSA) is 29.5 Å². The Morgan fingerprint density at radius 2 is 2.20 bits per heavy atom. The lowest BCUT2D eigenvalue weighted by Crippen LogP contribution is -2.00. The Balaban J connectivity index is 2.37. The predicted octanol–water partition coefficient (Wildman–Crippen LogP) is 2.62. The third-order valence-corrected chi connectivity index (χ3v) is 3.06. The van der Waals surface area contributed by atoms with E-state index < -0.39 is 0 Å². The molecule has 2 heteroatoms. The van der Waals surface area contributed by atoms with Gasteiger partial charge in [0.2, 0.25) is 0 Å². The Bertz CT molecular complexity index is 393. The van der Waals surface area contributed by atoms with Crippen LogP contribution in [0.5, 0.6) is 5.75 Å². The molecule has 0 fully saturated rings. The summed E-state index contributed by atoms with van der Waals surface area (Å²) in [5.41, 5.74) is 3.54. The van der Waals surface area contributed by atoms with Gasteiger partial charge in [-0.15, -0.1) is 0 Å². The molecule has 0 saturated carbocycles. The molecule has 2 nitrogen and oxygen atoms in total. The fraction of sp³-hybridized carbons (Fsp3) is 0.385. The second-order valence-corrected chi connectivity index (χ2v) is 3.95. The molecule has 0 unspecified atom stereocenters. The summed E-state index contributed by atoms with van der Waals surface area (Å²) in [5.74, 6) is 0.870. The summed E-state index contributed by atoms with van der Waals surface area (Å²) in [6.07, 6.45) is 1.55. The van der Waals surface area contributed by atoms with Crippen LogP contribution < -0.4 is 4.74 Å². The van der Waals surface area contributed by atoms with Crippen LogP contribution in [0.2, 0.25) is 0 Å². The van der Waals surface area contributed by atoms with Crippen LogP contribution in [0.25, 0.3) is 5.57 Å². The molecule has 0 heterocycles. The lowest BCUT2D eigenvalue weighted by atomic mass is 10.0. The van der Waals surface area contributed by atoms with E-state index in [-0.39, 0.29) is 6.10 Å². The van der Waals surface area contributed by atoms with E-state index in [1.807, 2.05) is 25.1 Å². The average Bonchev–Trinajstić information content (AvgIpc) is 2.60. The minimum Gasteiger partial charge on any atom is -0.497 e. The van der Waals surface area contributed by atoms with Gasteiger partial charge in [0.25, 0.3) is 0 Å². The number of benzene rings is 1. The fourth-order valence-electron chi connectivity index (χ4n) is 2.08. The molecule has 1 atom stereocenters. The highest BCUT2D eigenvalue weighted by Crippen LogP contribution is 2.34. The maximum absolute atomic E-state index is 9.67. The van der Waals surface area contributed by atoms with Gasteiger partial charge in [-0.1, -0.05) is 12.1 Å². The number of hydrogen-bond acceptors (Lipinski definition) is 2. The number of rotatable bonds is 2. The molecule has 1 aromatic rings. The summed E-state index contributed by atoms with van der Waals surface area (Å²) < 4.78 is 5.19. The van der Waals surface area contributed by atoms with Crippen molar-refractivity contribution in [1.82, 2.24) is 0 Å². The van der Waals surface area contributed by atoms with Crippen molar-refractivity contribution in [2.45, 2.75) is 25.9 Å². The second kappa shape index (κ2) is 4.07. The molecule has 0 aliphatic heterocycles. The lowest BCUT2D eigenvalue weighted by molar-refractivity contribution is 0.212. The first kappa shape index (κ1) is 10.2. The zero-order valence-corrected chi connectivity index (χ0v) is 9.16. The first-order valence-electron chi connectivity index (χ1n) is 5.24. The highest BCUT2D eigenvalue weighted by molar-refractivity contribution is 5.72. The van der Waals surface area contributed by atoms with Gasteiger partial charge in [0.05, 0.1) is 13.2 Å². The second-order valence-electron chi connectivity index (χ2n) is 3.95. The minimum absolute atomic E-state index is 0.258. The van der Waals surface area contributed by atoms with Gasteiger partial charge >= 0.3 is 0 Å².